The van der Waals surface area contributed by atoms with Crippen molar-refractivity contribution in [3.63, 3.8) is 0 Å². The standard InChI is InChI=1S/C8H10.C7H3N3O4/c1-7-5-3-4-6-8(7)2;8-4-5-1-6(9(11)12)3-7(2-5)10(13)14/h3-6H,1-2H3;1-3H. The Kier molecular flexibility index (Phi) is 5.72. The molecule has 7 nitrogen and oxygen atoms in total. The number of nitriles is 1. The summed E-state index contributed by atoms with van der Waals surface area (Å²) in [6.07, 6.45) is 0. The lowest BCUT2D eigenvalue weighted by atomic mass is 10.1. The maximum Gasteiger partial charge on any atom is 0.277 e. The molecule has 2 rings (SSSR count). The molecule has 0 saturated heterocycles. The smallest absolute Gasteiger partial charge is 0.258 e. The third-order valence-corrected chi connectivity index (χ3v) is 2.88. The van der Waals surface area contributed by atoms with Crippen molar-refractivity contribution in [1.82, 2.24) is 0 Å². The van der Waals surface area contributed by atoms with Gasteiger partial charge in [0.25, 0.3) is 11.4 Å². The van der Waals surface area contributed by atoms with Crippen molar-refractivity contribution in [3.8, 4) is 6.07 Å². The Balaban J connectivity index is 0.000000255. The Labute approximate surface area is 126 Å². The van der Waals surface area contributed by atoms with Gasteiger partial charge in [-0.05, 0) is 25.0 Å². The molecule has 0 N–H and O–H groups in total. The fourth-order valence-corrected chi connectivity index (χ4v) is 1.53. The Morgan fingerprint density at radius 2 is 1.32 bits per heavy atom. The van der Waals surface area contributed by atoms with Gasteiger partial charge in [0.15, 0.2) is 0 Å². The number of hydrogen-bond donors (Lipinski definition) is 0. The van der Waals surface area contributed by atoms with Crippen LogP contribution in [0.5, 0.6) is 0 Å². The number of rotatable bonds is 2. The summed E-state index contributed by atoms with van der Waals surface area (Å²) in [6.45, 7) is 4.24. The molecule has 112 valence electrons. The molecule has 0 aromatic heterocycles. The molecule has 2 aromatic carbocycles. The molecule has 0 bridgehead atoms. The van der Waals surface area contributed by atoms with E-state index in [9.17, 15) is 20.2 Å². The molecule has 0 unspecified atom stereocenters. The summed E-state index contributed by atoms with van der Waals surface area (Å²) < 4.78 is 0. The van der Waals surface area contributed by atoms with E-state index < -0.39 is 21.2 Å². The van der Waals surface area contributed by atoms with E-state index in [2.05, 4.69) is 38.1 Å². The molecule has 0 fully saturated rings. The van der Waals surface area contributed by atoms with Gasteiger partial charge in [-0.25, -0.2) is 0 Å². The van der Waals surface area contributed by atoms with Gasteiger partial charge < -0.3 is 0 Å². The third-order valence-electron chi connectivity index (χ3n) is 2.88. The first-order valence-electron chi connectivity index (χ1n) is 6.21. The van der Waals surface area contributed by atoms with Gasteiger partial charge in [0.1, 0.15) is 0 Å². The monoisotopic (exact) mass is 299 g/mol. The van der Waals surface area contributed by atoms with Crippen LogP contribution in [0.25, 0.3) is 0 Å². The lowest BCUT2D eigenvalue weighted by Gasteiger charge is -1.93. The second kappa shape index (κ2) is 7.50. The minimum absolute atomic E-state index is 0.106. The number of nitro benzene ring substituents is 2. The van der Waals surface area contributed by atoms with Crippen molar-refractivity contribution in [2.45, 2.75) is 13.8 Å². The van der Waals surface area contributed by atoms with Gasteiger partial charge in [0.05, 0.1) is 27.5 Å². The summed E-state index contributed by atoms with van der Waals surface area (Å²) in [5.74, 6) is 0. The van der Waals surface area contributed by atoms with E-state index in [-0.39, 0.29) is 5.56 Å². The van der Waals surface area contributed by atoms with Crippen LogP contribution in [-0.4, -0.2) is 9.85 Å². The second-order valence-electron chi connectivity index (χ2n) is 4.45. The summed E-state index contributed by atoms with van der Waals surface area (Å²) in [7, 11) is 0. The van der Waals surface area contributed by atoms with Crippen molar-refractivity contribution in [2.75, 3.05) is 0 Å². The van der Waals surface area contributed by atoms with E-state index in [1.54, 1.807) is 6.07 Å². The molecular formula is C15H13N3O4. The van der Waals surface area contributed by atoms with Crippen molar-refractivity contribution in [1.29, 1.82) is 5.26 Å². The summed E-state index contributed by atoms with van der Waals surface area (Å²) in [5, 5.41) is 29.1. The summed E-state index contributed by atoms with van der Waals surface area (Å²) in [4.78, 5) is 19.1. The van der Waals surface area contributed by atoms with Crippen LogP contribution in [0.1, 0.15) is 16.7 Å². The molecule has 0 aliphatic carbocycles. The topological polar surface area (TPSA) is 110 Å². The molecule has 0 heterocycles. The van der Waals surface area contributed by atoms with Crippen LogP contribution in [0.3, 0.4) is 0 Å². The van der Waals surface area contributed by atoms with Crippen molar-refractivity contribution < 1.29 is 9.85 Å². The SMILES string of the molecule is Cc1ccccc1C.N#Cc1cc([N+](=O)[O-])cc([N+](=O)[O-])c1. The molecule has 0 saturated carbocycles. The van der Waals surface area contributed by atoms with Crippen molar-refractivity contribution in [2.24, 2.45) is 0 Å². The second-order valence-corrected chi connectivity index (χ2v) is 4.45. The molecule has 0 atom stereocenters. The number of hydrogen-bond acceptors (Lipinski definition) is 5. The zero-order chi connectivity index (χ0) is 16.7. The fourth-order valence-electron chi connectivity index (χ4n) is 1.53. The zero-order valence-corrected chi connectivity index (χ0v) is 12.0. The van der Waals surface area contributed by atoms with Crippen LogP contribution < -0.4 is 0 Å². The maximum atomic E-state index is 10.3. The first-order valence-corrected chi connectivity index (χ1v) is 6.21. The number of nitrogens with zero attached hydrogens (tertiary/aromatic N) is 3. The third kappa shape index (κ3) is 4.68. The Morgan fingerprint density at radius 1 is 0.909 bits per heavy atom. The minimum atomic E-state index is -0.784. The lowest BCUT2D eigenvalue weighted by Crippen LogP contribution is -1.93. The van der Waals surface area contributed by atoms with Crippen LogP contribution in [0.15, 0.2) is 42.5 Å². The van der Waals surface area contributed by atoms with Gasteiger partial charge in [0.2, 0.25) is 0 Å². The molecule has 0 aliphatic rings. The number of aryl methyl sites for hydroxylation is 2. The van der Waals surface area contributed by atoms with Gasteiger partial charge in [-0.2, -0.15) is 5.26 Å². The summed E-state index contributed by atoms with van der Waals surface area (Å²) >= 11 is 0. The Morgan fingerprint density at radius 3 is 1.59 bits per heavy atom. The van der Waals surface area contributed by atoms with E-state index in [0.717, 1.165) is 18.2 Å². The van der Waals surface area contributed by atoms with Gasteiger partial charge in [-0.1, -0.05) is 24.3 Å². The van der Waals surface area contributed by atoms with Gasteiger partial charge in [-0.15, -0.1) is 0 Å². The molecule has 22 heavy (non-hydrogen) atoms. The zero-order valence-electron chi connectivity index (χ0n) is 12.0. The molecule has 0 radical (unpaired) electrons. The molecule has 0 amide bonds. The van der Waals surface area contributed by atoms with Crippen LogP contribution in [0.2, 0.25) is 0 Å². The maximum absolute atomic E-state index is 10.3. The molecule has 2 aromatic rings. The van der Waals surface area contributed by atoms with Crippen molar-refractivity contribution >= 4 is 11.4 Å². The van der Waals surface area contributed by atoms with Gasteiger partial charge in [0, 0.05) is 12.1 Å². The number of benzene rings is 2. The van der Waals surface area contributed by atoms with E-state index in [4.69, 9.17) is 5.26 Å². The average Bonchev–Trinajstić information content (AvgIpc) is 2.50. The van der Waals surface area contributed by atoms with E-state index in [1.165, 1.54) is 11.1 Å². The normalized spacial score (nSPS) is 9.14. The fraction of sp³-hybridized carbons (Fsp3) is 0.133. The van der Waals surface area contributed by atoms with Crippen LogP contribution in [0.4, 0.5) is 11.4 Å². The summed E-state index contributed by atoms with van der Waals surface area (Å²) in [5.41, 5.74) is 1.71. The molecule has 7 heteroatoms. The van der Waals surface area contributed by atoms with Crippen LogP contribution in [-0.2, 0) is 0 Å². The minimum Gasteiger partial charge on any atom is -0.258 e. The first kappa shape index (κ1) is 16.8. The molecular weight excluding hydrogens is 286 g/mol. The van der Waals surface area contributed by atoms with E-state index >= 15 is 0 Å². The number of non-ortho nitro benzene ring substituents is 2. The Bertz CT molecular complexity index is 697. The molecule has 0 aliphatic heterocycles. The first-order chi connectivity index (χ1) is 10.3. The average molecular weight is 299 g/mol. The highest BCUT2D eigenvalue weighted by molar-refractivity contribution is 5.50. The largest absolute Gasteiger partial charge is 0.277 e. The predicted molar refractivity (Wildman–Crippen MR) is 80.4 cm³/mol. The van der Waals surface area contributed by atoms with E-state index in [0.29, 0.717) is 0 Å². The quantitative estimate of drug-likeness (QED) is 0.620. The van der Waals surface area contributed by atoms with Crippen LogP contribution in [0, 0.1) is 45.4 Å². The van der Waals surface area contributed by atoms with Crippen molar-refractivity contribution in [3.05, 3.63) is 79.4 Å². The van der Waals surface area contributed by atoms with Gasteiger partial charge >= 0.3 is 0 Å². The highest BCUT2D eigenvalue weighted by Crippen LogP contribution is 2.21. The number of nitro groups is 2. The van der Waals surface area contributed by atoms with Crippen LogP contribution >= 0.6 is 0 Å². The highest BCUT2D eigenvalue weighted by atomic mass is 16.6. The van der Waals surface area contributed by atoms with E-state index in [1.807, 2.05) is 0 Å². The predicted octanol–water partition coefficient (Wildman–Crippen LogP) is 3.68. The Hall–Kier alpha value is -3.27. The summed E-state index contributed by atoms with van der Waals surface area (Å²) in [6, 6.07) is 12.7. The highest BCUT2D eigenvalue weighted by Gasteiger charge is 2.15. The molecule has 0 spiro atoms. The lowest BCUT2D eigenvalue weighted by molar-refractivity contribution is -0.394. The van der Waals surface area contributed by atoms with Gasteiger partial charge in [-0.3, -0.25) is 20.2 Å².